The van der Waals surface area contributed by atoms with E-state index in [1.165, 1.54) is 0 Å². The quantitative estimate of drug-likeness (QED) is 0.824. The highest BCUT2D eigenvalue weighted by molar-refractivity contribution is 5.70. The smallest absolute Gasteiger partial charge is 0.307 e. The lowest BCUT2D eigenvalue weighted by atomic mass is 9.77. The van der Waals surface area contributed by atoms with Gasteiger partial charge in [-0.1, -0.05) is 41.5 Å². The summed E-state index contributed by atoms with van der Waals surface area (Å²) >= 11 is 0. The third-order valence-corrected chi connectivity index (χ3v) is 3.87. The summed E-state index contributed by atoms with van der Waals surface area (Å²) in [7, 11) is 0. The van der Waals surface area contributed by atoms with Crippen LogP contribution < -0.4 is 5.73 Å². The van der Waals surface area contributed by atoms with Gasteiger partial charge in [-0.15, -0.1) is 0 Å². The first-order valence-electron chi connectivity index (χ1n) is 8.17. The number of hydrogen-bond acceptors (Lipinski definition) is 4. The first-order valence-corrected chi connectivity index (χ1v) is 8.17. The van der Waals surface area contributed by atoms with Gasteiger partial charge in [-0.3, -0.25) is 4.79 Å². The third kappa shape index (κ3) is 4.96. The Morgan fingerprint density at radius 2 is 1.57 bits per heavy atom. The fraction of sp³-hybridized carbons (Fsp3) is 0.632. The topological polar surface area (TPSA) is 72.5 Å². The first-order chi connectivity index (χ1) is 10.4. The number of rotatable bonds is 4. The molecule has 0 radical (unpaired) electrons. The van der Waals surface area contributed by atoms with Gasteiger partial charge in [0.2, 0.25) is 0 Å². The lowest BCUT2D eigenvalue weighted by Gasteiger charge is -2.29. The summed E-state index contributed by atoms with van der Waals surface area (Å²) < 4.78 is 4.98. The highest BCUT2D eigenvalue weighted by atomic mass is 16.5. The summed E-state index contributed by atoms with van der Waals surface area (Å²) in [5.74, 6) is 0.0137. The number of ether oxygens (including phenoxy) is 1. The summed E-state index contributed by atoms with van der Waals surface area (Å²) in [4.78, 5) is 11.7. The fourth-order valence-corrected chi connectivity index (χ4v) is 2.53. The highest BCUT2D eigenvalue weighted by Crippen LogP contribution is 2.40. The van der Waals surface area contributed by atoms with E-state index in [9.17, 15) is 9.90 Å². The Balaban J connectivity index is 3.36. The molecule has 4 heteroatoms. The number of hydrogen-bond donors (Lipinski definition) is 2. The minimum Gasteiger partial charge on any atom is -0.507 e. The van der Waals surface area contributed by atoms with Crippen LogP contribution in [0.1, 0.15) is 77.6 Å². The van der Waals surface area contributed by atoms with Crippen molar-refractivity contribution in [3.05, 3.63) is 28.8 Å². The molecule has 0 amide bonds. The zero-order chi connectivity index (χ0) is 18.0. The maximum Gasteiger partial charge on any atom is 0.307 e. The number of carbonyl (C=O) groups is 1. The normalized spacial score (nSPS) is 13.7. The molecular formula is C19H31NO3. The third-order valence-electron chi connectivity index (χ3n) is 3.87. The van der Waals surface area contributed by atoms with Crippen LogP contribution in [0.5, 0.6) is 5.75 Å². The molecule has 1 aromatic rings. The Hall–Kier alpha value is -1.55. The van der Waals surface area contributed by atoms with E-state index in [2.05, 4.69) is 41.5 Å². The predicted octanol–water partition coefficient (Wildman–Crippen LogP) is 3.94. The summed E-state index contributed by atoms with van der Waals surface area (Å²) in [6.45, 7) is 14.4. The number of nitrogens with two attached hydrogens (primary N) is 1. The van der Waals surface area contributed by atoms with Crippen LogP contribution in [0.15, 0.2) is 12.1 Å². The number of aromatic hydroxyl groups is 1. The van der Waals surface area contributed by atoms with Crippen molar-refractivity contribution in [3.63, 3.8) is 0 Å². The van der Waals surface area contributed by atoms with Gasteiger partial charge >= 0.3 is 5.97 Å². The van der Waals surface area contributed by atoms with Crippen molar-refractivity contribution < 1.29 is 14.6 Å². The van der Waals surface area contributed by atoms with Crippen molar-refractivity contribution in [1.82, 2.24) is 0 Å². The molecule has 0 aliphatic carbocycles. The largest absolute Gasteiger partial charge is 0.507 e. The second kappa shape index (κ2) is 6.91. The standard InChI is InChI=1S/C19H31NO3/c1-8-23-16(21)11-15(20)12-9-13(18(2,3)4)17(22)14(10-12)19(5,6)7/h9-10,15,22H,8,11,20H2,1-7H3/t15-/m0/s1. The van der Waals surface area contributed by atoms with Gasteiger partial charge in [0.15, 0.2) is 0 Å². The van der Waals surface area contributed by atoms with E-state index in [1.54, 1.807) is 6.92 Å². The molecule has 1 aromatic carbocycles. The molecule has 0 bridgehead atoms. The van der Waals surface area contributed by atoms with Gasteiger partial charge < -0.3 is 15.6 Å². The van der Waals surface area contributed by atoms with Crippen LogP contribution in [0, 0.1) is 0 Å². The predicted molar refractivity (Wildman–Crippen MR) is 93.7 cm³/mol. The maximum absolute atomic E-state index is 11.7. The SMILES string of the molecule is CCOC(=O)C[C@H](N)c1cc(C(C)(C)C)c(O)c(C(C)(C)C)c1. The van der Waals surface area contributed by atoms with Gasteiger partial charge in [-0.25, -0.2) is 0 Å². The summed E-state index contributed by atoms with van der Waals surface area (Å²) in [5, 5.41) is 10.7. The molecule has 0 fully saturated rings. The second-order valence-electron chi connectivity index (χ2n) is 8.08. The Morgan fingerprint density at radius 1 is 1.13 bits per heavy atom. The highest BCUT2D eigenvalue weighted by Gasteiger charge is 2.28. The minimum absolute atomic E-state index is 0.131. The zero-order valence-electron chi connectivity index (χ0n) is 15.5. The van der Waals surface area contributed by atoms with Crippen LogP contribution >= 0.6 is 0 Å². The molecule has 1 atom stereocenters. The lowest BCUT2D eigenvalue weighted by molar-refractivity contribution is -0.143. The monoisotopic (exact) mass is 321 g/mol. The number of phenols is 1. The summed E-state index contributed by atoms with van der Waals surface area (Å²) in [6.07, 6.45) is 0.131. The Bertz CT molecular complexity index is 530. The van der Waals surface area contributed by atoms with E-state index in [0.717, 1.165) is 16.7 Å². The van der Waals surface area contributed by atoms with E-state index in [4.69, 9.17) is 10.5 Å². The molecule has 0 unspecified atom stereocenters. The van der Waals surface area contributed by atoms with Crippen LogP contribution in [-0.4, -0.2) is 17.7 Å². The molecule has 0 heterocycles. The molecule has 3 N–H and O–H groups in total. The lowest BCUT2D eigenvalue weighted by Crippen LogP contribution is -2.22. The first kappa shape index (κ1) is 19.5. The molecule has 0 saturated carbocycles. The minimum atomic E-state index is -0.447. The van der Waals surface area contributed by atoms with Crippen LogP contribution in [0.3, 0.4) is 0 Å². The van der Waals surface area contributed by atoms with Gasteiger partial charge in [0, 0.05) is 6.04 Å². The van der Waals surface area contributed by atoms with Gasteiger partial charge in [0.25, 0.3) is 0 Å². The Labute approximate surface area is 140 Å². The molecule has 0 aromatic heterocycles. The van der Waals surface area contributed by atoms with Crippen LogP contribution in [-0.2, 0) is 20.4 Å². The maximum atomic E-state index is 11.7. The Morgan fingerprint density at radius 3 is 1.91 bits per heavy atom. The van der Waals surface area contributed by atoms with Crippen molar-refractivity contribution in [3.8, 4) is 5.75 Å². The summed E-state index contributed by atoms with van der Waals surface area (Å²) in [6, 6.07) is 3.37. The molecule has 0 aliphatic rings. The van der Waals surface area contributed by atoms with Crippen molar-refractivity contribution in [2.24, 2.45) is 5.73 Å². The van der Waals surface area contributed by atoms with Crippen molar-refractivity contribution in [2.45, 2.75) is 71.8 Å². The summed E-state index contributed by atoms with van der Waals surface area (Å²) in [5.41, 5.74) is 8.33. The molecule has 130 valence electrons. The van der Waals surface area contributed by atoms with Gasteiger partial charge in [-0.05, 0) is 46.6 Å². The van der Waals surface area contributed by atoms with Crippen LogP contribution in [0.25, 0.3) is 0 Å². The van der Waals surface area contributed by atoms with E-state index in [0.29, 0.717) is 12.4 Å². The van der Waals surface area contributed by atoms with Crippen LogP contribution in [0.4, 0.5) is 0 Å². The van der Waals surface area contributed by atoms with Gasteiger partial charge in [0.1, 0.15) is 5.75 Å². The van der Waals surface area contributed by atoms with Crippen molar-refractivity contribution in [1.29, 1.82) is 0 Å². The molecule has 0 spiro atoms. The Kier molecular flexibility index (Phi) is 5.86. The molecular weight excluding hydrogens is 290 g/mol. The number of carbonyl (C=O) groups excluding carboxylic acids is 1. The second-order valence-corrected chi connectivity index (χ2v) is 8.08. The number of phenolic OH excluding ortho intramolecular Hbond substituents is 1. The van der Waals surface area contributed by atoms with E-state index in [1.807, 2.05) is 12.1 Å². The average molecular weight is 321 g/mol. The number of benzene rings is 1. The molecule has 0 saturated heterocycles. The molecule has 23 heavy (non-hydrogen) atoms. The van der Waals surface area contributed by atoms with Crippen LogP contribution in [0.2, 0.25) is 0 Å². The van der Waals surface area contributed by atoms with Gasteiger partial charge in [0.05, 0.1) is 13.0 Å². The van der Waals surface area contributed by atoms with E-state index < -0.39 is 6.04 Å². The zero-order valence-corrected chi connectivity index (χ0v) is 15.5. The average Bonchev–Trinajstić information content (AvgIpc) is 2.36. The molecule has 0 aliphatic heterocycles. The van der Waals surface area contributed by atoms with E-state index in [-0.39, 0.29) is 23.2 Å². The molecule has 1 rings (SSSR count). The molecule has 4 nitrogen and oxygen atoms in total. The van der Waals surface area contributed by atoms with E-state index >= 15 is 0 Å². The van der Waals surface area contributed by atoms with Crippen molar-refractivity contribution >= 4 is 5.97 Å². The fourth-order valence-electron chi connectivity index (χ4n) is 2.53. The van der Waals surface area contributed by atoms with Crippen molar-refractivity contribution in [2.75, 3.05) is 6.61 Å². The number of esters is 1. The van der Waals surface area contributed by atoms with Gasteiger partial charge in [-0.2, -0.15) is 0 Å².